The molecule has 2 aliphatic rings. The minimum atomic E-state index is -3.84. The molecule has 1 heterocycles. The molecule has 7 nitrogen and oxygen atoms in total. The van der Waals surface area contributed by atoms with Gasteiger partial charge in [-0.2, -0.15) is 4.31 Å². The Bertz CT molecular complexity index is 1070. The van der Waals surface area contributed by atoms with Gasteiger partial charge in [0.25, 0.3) is 5.91 Å². The molecule has 160 valence electrons. The predicted molar refractivity (Wildman–Crippen MR) is 108 cm³/mol. The highest BCUT2D eigenvalue weighted by Gasteiger charge is 2.31. The average Bonchev–Trinajstić information content (AvgIpc) is 3.18. The summed E-state index contributed by atoms with van der Waals surface area (Å²) in [5, 5.41) is 2.90. The summed E-state index contributed by atoms with van der Waals surface area (Å²) in [4.78, 5) is 12.8. The number of carbonyl (C=O) groups is 1. The van der Waals surface area contributed by atoms with Gasteiger partial charge in [-0.3, -0.25) is 4.79 Å². The summed E-state index contributed by atoms with van der Waals surface area (Å²) >= 11 is 0. The van der Waals surface area contributed by atoms with Crippen LogP contribution in [0, 0.1) is 5.82 Å². The molecule has 1 atom stereocenters. The number of methoxy groups -OCH3 is 1. The fourth-order valence-corrected chi connectivity index (χ4v) is 5.54. The molecule has 1 aliphatic heterocycles. The third-order valence-corrected chi connectivity index (χ3v) is 7.45. The summed E-state index contributed by atoms with van der Waals surface area (Å²) < 4.78 is 52.0. The van der Waals surface area contributed by atoms with E-state index in [0.717, 1.165) is 5.56 Å². The number of rotatable bonds is 5. The Morgan fingerprint density at radius 3 is 2.73 bits per heavy atom. The number of sulfonamides is 1. The van der Waals surface area contributed by atoms with Gasteiger partial charge in [0.05, 0.1) is 26.4 Å². The van der Waals surface area contributed by atoms with Crippen molar-refractivity contribution < 1.29 is 27.1 Å². The van der Waals surface area contributed by atoms with E-state index in [1.165, 1.54) is 35.7 Å². The lowest BCUT2D eigenvalue weighted by Crippen LogP contribution is -2.40. The lowest BCUT2D eigenvalue weighted by molar-refractivity contribution is 0.0729. The molecule has 1 saturated heterocycles. The summed E-state index contributed by atoms with van der Waals surface area (Å²) in [6.45, 7) is 1.12. The SMILES string of the molecule is COc1ccc(C(=O)NC2CCc3c(F)cccc32)cc1S(=O)(=O)N1CCOCC1. The fraction of sp³-hybridized carbons (Fsp3) is 0.381. The number of nitrogens with zero attached hydrogens (tertiary/aromatic N) is 1. The van der Waals surface area contributed by atoms with Gasteiger partial charge in [-0.1, -0.05) is 12.1 Å². The number of amides is 1. The molecular formula is C21H23FN2O5S. The minimum absolute atomic E-state index is 0.0579. The summed E-state index contributed by atoms with van der Waals surface area (Å²) in [6, 6.07) is 8.86. The van der Waals surface area contributed by atoms with E-state index < -0.39 is 15.9 Å². The van der Waals surface area contributed by atoms with Gasteiger partial charge in [0.2, 0.25) is 10.0 Å². The molecule has 0 radical (unpaired) electrons. The molecule has 0 bridgehead atoms. The van der Waals surface area contributed by atoms with E-state index >= 15 is 0 Å². The van der Waals surface area contributed by atoms with Crippen molar-refractivity contribution in [2.75, 3.05) is 33.4 Å². The van der Waals surface area contributed by atoms with E-state index in [4.69, 9.17) is 9.47 Å². The second-order valence-electron chi connectivity index (χ2n) is 7.25. The van der Waals surface area contributed by atoms with Crippen LogP contribution < -0.4 is 10.1 Å². The number of hydrogen-bond donors (Lipinski definition) is 1. The summed E-state index contributed by atoms with van der Waals surface area (Å²) in [7, 11) is -2.46. The molecule has 0 spiro atoms. The van der Waals surface area contributed by atoms with Crippen LogP contribution in [0.1, 0.15) is 33.9 Å². The first-order chi connectivity index (χ1) is 14.4. The summed E-state index contributed by atoms with van der Waals surface area (Å²) in [6.07, 6.45) is 1.14. The molecular weight excluding hydrogens is 411 g/mol. The second kappa shape index (κ2) is 8.33. The Morgan fingerprint density at radius 1 is 1.23 bits per heavy atom. The van der Waals surface area contributed by atoms with Crippen molar-refractivity contribution in [3.05, 3.63) is 58.9 Å². The molecule has 9 heteroatoms. The lowest BCUT2D eigenvalue weighted by Gasteiger charge is -2.26. The standard InChI is InChI=1S/C21H23FN2O5S/c1-28-19-8-5-14(13-20(19)30(26,27)24-9-11-29-12-10-24)21(25)23-18-7-6-15-16(18)3-2-4-17(15)22/h2-5,8,13,18H,6-7,9-12H2,1H3,(H,23,25). The highest BCUT2D eigenvalue weighted by molar-refractivity contribution is 7.89. The van der Waals surface area contributed by atoms with Crippen molar-refractivity contribution >= 4 is 15.9 Å². The Morgan fingerprint density at radius 2 is 2.00 bits per heavy atom. The van der Waals surface area contributed by atoms with Crippen molar-refractivity contribution in [1.29, 1.82) is 0 Å². The molecule has 4 rings (SSSR count). The number of ether oxygens (including phenoxy) is 2. The highest BCUT2D eigenvalue weighted by atomic mass is 32.2. The molecule has 0 saturated carbocycles. The third-order valence-electron chi connectivity index (χ3n) is 5.53. The number of nitrogens with one attached hydrogen (secondary N) is 1. The Balaban J connectivity index is 1.61. The van der Waals surface area contributed by atoms with Crippen LogP contribution in [-0.2, 0) is 21.2 Å². The van der Waals surface area contributed by atoms with E-state index in [1.54, 1.807) is 12.1 Å². The minimum Gasteiger partial charge on any atom is -0.495 e. The van der Waals surface area contributed by atoms with Gasteiger partial charge in [0.1, 0.15) is 16.5 Å². The molecule has 1 amide bonds. The molecule has 1 aliphatic carbocycles. The van der Waals surface area contributed by atoms with E-state index in [2.05, 4.69) is 5.32 Å². The van der Waals surface area contributed by atoms with Gasteiger partial charge in [0, 0.05) is 18.7 Å². The summed E-state index contributed by atoms with van der Waals surface area (Å²) in [5.41, 5.74) is 1.58. The van der Waals surface area contributed by atoms with Gasteiger partial charge in [-0.15, -0.1) is 0 Å². The number of benzene rings is 2. The fourth-order valence-electron chi connectivity index (χ4n) is 3.95. The summed E-state index contributed by atoms with van der Waals surface area (Å²) in [5.74, 6) is -0.517. The van der Waals surface area contributed by atoms with Crippen LogP contribution in [0.15, 0.2) is 41.3 Å². The van der Waals surface area contributed by atoms with E-state index in [9.17, 15) is 17.6 Å². The maximum absolute atomic E-state index is 14.0. The quantitative estimate of drug-likeness (QED) is 0.781. The first-order valence-electron chi connectivity index (χ1n) is 9.76. The molecule has 2 aromatic rings. The van der Waals surface area contributed by atoms with Gasteiger partial charge < -0.3 is 14.8 Å². The topological polar surface area (TPSA) is 84.9 Å². The van der Waals surface area contributed by atoms with Crippen LogP contribution in [-0.4, -0.2) is 52.0 Å². The first-order valence-corrected chi connectivity index (χ1v) is 11.2. The van der Waals surface area contributed by atoms with Gasteiger partial charge in [0.15, 0.2) is 0 Å². The second-order valence-corrected chi connectivity index (χ2v) is 9.16. The molecule has 2 aromatic carbocycles. The van der Waals surface area contributed by atoms with Crippen molar-refractivity contribution in [3.63, 3.8) is 0 Å². The van der Waals surface area contributed by atoms with Crippen LogP contribution in [0.5, 0.6) is 5.75 Å². The number of carbonyl (C=O) groups excluding carboxylic acids is 1. The van der Waals surface area contributed by atoms with Crippen molar-refractivity contribution in [2.45, 2.75) is 23.8 Å². The molecule has 1 unspecified atom stereocenters. The maximum atomic E-state index is 14.0. The molecule has 0 aromatic heterocycles. The van der Waals surface area contributed by atoms with E-state index in [0.29, 0.717) is 31.6 Å². The van der Waals surface area contributed by atoms with E-state index in [-0.39, 0.29) is 41.2 Å². The van der Waals surface area contributed by atoms with Crippen LogP contribution in [0.3, 0.4) is 0 Å². The van der Waals surface area contributed by atoms with Gasteiger partial charge in [-0.25, -0.2) is 12.8 Å². The monoisotopic (exact) mass is 434 g/mol. The van der Waals surface area contributed by atoms with Gasteiger partial charge >= 0.3 is 0 Å². The zero-order valence-electron chi connectivity index (χ0n) is 16.6. The Labute approximate surface area is 174 Å². The van der Waals surface area contributed by atoms with Crippen molar-refractivity contribution in [2.24, 2.45) is 0 Å². The normalized spacial score (nSPS) is 19.3. The average molecular weight is 434 g/mol. The number of fused-ring (bicyclic) bond motifs is 1. The molecule has 1 N–H and O–H groups in total. The van der Waals surface area contributed by atoms with Crippen molar-refractivity contribution in [3.8, 4) is 5.75 Å². The smallest absolute Gasteiger partial charge is 0.251 e. The first kappa shape index (κ1) is 20.8. The zero-order chi connectivity index (χ0) is 21.3. The van der Waals surface area contributed by atoms with Crippen LogP contribution in [0.2, 0.25) is 0 Å². The predicted octanol–water partition coefficient (Wildman–Crippen LogP) is 2.27. The highest BCUT2D eigenvalue weighted by Crippen LogP contribution is 2.33. The number of halogens is 1. The van der Waals surface area contributed by atoms with Crippen molar-refractivity contribution in [1.82, 2.24) is 9.62 Å². The maximum Gasteiger partial charge on any atom is 0.251 e. The van der Waals surface area contributed by atoms with E-state index in [1.807, 2.05) is 0 Å². The Hall–Kier alpha value is -2.49. The molecule has 30 heavy (non-hydrogen) atoms. The number of morpholine rings is 1. The zero-order valence-corrected chi connectivity index (χ0v) is 17.4. The van der Waals surface area contributed by atoms with Crippen LogP contribution in [0.25, 0.3) is 0 Å². The number of hydrogen-bond acceptors (Lipinski definition) is 5. The molecule has 1 fully saturated rings. The van der Waals surface area contributed by atoms with Crippen LogP contribution >= 0.6 is 0 Å². The van der Waals surface area contributed by atoms with Crippen LogP contribution in [0.4, 0.5) is 4.39 Å². The largest absolute Gasteiger partial charge is 0.495 e. The lowest BCUT2D eigenvalue weighted by atomic mass is 10.1. The Kier molecular flexibility index (Phi) is 5.77. The third kappa shape index (κ3) is 3.80. The van der Waals surface area contributed by atoms with Gasteiger partial charge in [-0.05, 0) is 48.2 Å².